The van der Waals surface area contributed by atoms with E-state index < -0.39 is 12.0 Å². The molecular formula is C16H18N3NaO3S. The maximum absolute atomic E-state index is 11.8. The topological polar surface area (TPSA) is 95.0 Å². The van der Waals surface area contributed by atoms with E-state index in [9.17, 15) is 14.7 Å². The summed E-state index contributed by atoms with van der Waals surface area (Å²) < 4.78 is 0. The zero-order valence-corrected chi connectivity index (χ0v) is 16.9. The molecule has 1 atom stereocenters. The van der Waals surface area contributed by atoms with E-state index >= 15 is 0 Å². The first-order valence-corrected chi connectivity index (χ1v) is 8.27. The van der Waals surface area contributed by atoms with Gasteiger partial charge in [-0.3, -0.25) is 9.78 Å². The number of carbonyl (C=O) groups is 2. The summed E-state index contributed by atoms with van der Waals surface area (Å²) in [5, 5.41) is 15.6. The Morgan fingerprint density at radius 2 is 2.12 bits per heavy atom. The maximum Gasteiger partial charge on any atom is 1.00 e. The molecule has 0 aromatic carbocycles. The standard InChI is InChI=1S/C16H19N3O3S.Na/c1-3-4-12-7-11(5-6-17-12)15-19-13(9-23-15)8-14(20)18-10(2)16(21)22;/h5-7,9-10H,3-4,8H2,1-2H3,(H,18,20)(H,21,22);/q;+1/p-1/t10-;/m0./s1. The van der Waals surface area contributed by atoms with Crippen molar-refractivity contribution in [3.63, 3.8) is 0 Å². The van der Waals surface area contributed by atoms with Crippen LogP contribution >= 0.6 is 11.3 Å². The molecule has 1 amide bonds. The average molecular weight is 355 g/mol. The molecule has 0 radical (unpaired) electrons. The zero-order chi connectivity index (χ0) is 16.8. The largest absolute Gasteiger partial charge is 1.00 e. The van der Waals surface area contributed by atoms with E-state index in [1.54, 1.807) is 11.6 Å². The Morgan fingerprint density at radius 1 is 1.38 bits per heavy atom. The van der Waals surface area contributed by atoms with Gasteiger partial charge >= 0.3 is 29.6 Å². The Labute approximate surface area is 167 Å². The molecule has 0 unspecified atom stereocenters. The van der Waals surface area contributed by atoms with Crippen LogP contribution in [0.25, 0.3) is 10.6 Å². The molecule has 0 saturated carbocycles. The van der Waals surface area contributed by atoms with Gasteiger partial charge in [0.1, 0.15) is 5.01 Å². The zero-order valence-electron chi connectivity index (χ0n) is 14.0. The number of amides is 1. The molecule has 122 valence electrons. The quantitative estimate of drug-likeness (QED) is 0.578. The van der Waals surface area contributed by atoms with Gasteiger partial charge < -0.3 is 15.2 Å². The Balaban J connectivity index is 0.00000288. The number of rotatable bonds is 7. The molecule has 24 heavy (non-hydrogen) atoms. The van der Waals surface area contributed by atoms with Crippen molar-refractivity contribution >= 4 is 23.2 Å². The van der Waals surface area contributed by atoms with E-state index in [1.807, 2.05) is 12.1 Å². The summed E-state index contributed by atoms with van der Waals surface area (Å²) in [6.07, 6.45) is 3.74. The molecule has 6 nitrogen and oxygen atoms in total. The van der Waals surface area contributed by atoms with Gasteiger partial charge in [-0.2, -0.15) is 0 Å². The average Bonchev–Trinajstić information content (AvgIpc) is 2.96. The summed E-state index contributed by atoms with van der Waals surface area (Å²) in [7, 11) is 0. The van der Waals surface area contributed by atoms with Gasteiger partial charge in [0, 0.05) is 22.8 Å². The van der Waals surface area contributed by atoms with Gasteiger partial charge in [-0.15, -0.1) is 11.3 Å². The number of aryl methyl sites for hydroxylation is 1. The third-order valence-electron chi connectivity index (χ3n) is 3.19. The summed E-state index contributed by atoms with van der Waals surface area (Å²) in [5.74, 6) is -1.70. The number of hydrogen-bond acceptors (Lipinski definition) is 6. The van der Waals surface area contributed by atoms with E-state index in [-0.39, 0.29) is 41.9 Å². The Morgan fingerprint density at radius 3 is 2.79 bits per heavy atom. The number of aliphatic carboxylic acids is 1. The molecule has 0 fully saturated rings. The second kappa shape index (κ2) is 9.88. The first-order valence-electron chi connectivity index (χ1n) is 7.39. The normalized spacial score (nSPS) is 11.4. The summed E-state index contributed by atoms with van der Waals surface area (Å²) in [4.78, 5) is 31.1. The molecule has 0 bridgehead atoms. The molecule has 0 aliphatic heterocycles. The van der Waals surface area contributed by atoms with Crippen LogP contribution in [0.1, 0.15) is 31.7 Å². The van der Waals surface area contributed by atoms with Crippen LogP contribution < -0.4 is 40.0 Å². The van der Waals surface area contributed by atoms with Gasteiger partial charge in [0.25, 0.3) is 0 Å². The van der Waals surface area contributed by atoms with Crippen LogP contribution in [0.4, 0.5) is 0 Å². The summed E-state index contributed by atoms with van der Waals surface area (Å²) >= 11 is 1.45. The smallest absolute Gasteiger partial charge is 0.548 e. The predicted octanol–water partition coefficient (Wildman–Crippen LogP) is -2.04. The third-order valence-corrected chi connectivity index (χ3v) is 4.13. The van der Waals surface area contributed by atoms with E-state index in [2.05, 4.69) is 22.2 Å². The number of carboxylic acids is 1. The summed E-state index contributed by atoms with van der Waals surface area (Å²) in [5.41, 5.74) is 2.60. The van der Waals surface area contributed by atoms with Crippen molar-refractivity contribution < 1.29 is 44.3 Å². The number of thiazole rings is 1. The van der Waals surface area contributed by atoms with Crippen molar-refractivity contribution in [3.05, 3.63) is 35.1 Å². The van der Waals surface area contributed by atoms with Gasteiger partial charge in [-0.25, -0.2) is 4.98 Å². The molecule has 8 heteroatoms. The molecule has 2 aromatic heterocycles. The van der Waals surface area contributed by atoms with Crippen molar-refractivity contribution in [1.29, 1.82) is 0 Å². The van der Waals surface area contributed by atoms with Crippen molar-refractivity contribution in [2.45, 2.75) is 39.2 Å². The number of hydrogen-bond donors (Lipinski definition) is 1. The van der Waals surface area contributed by atoms with E-state index in [0.29, 0.717) is 5.69 Å². The van der Waals surface area contributed by atoms with Gasteiger partial charge in [-0.05, 0) is 25.5 Å². The fourth-order valence-corrected chi connectivity index (χ4v) is 2.86. The van der Waals surface area contributed by atoms with Crippen LogP contribution in [0.15, 0.2) is 23.7 Å². The van der Waals surface area contributed by atoms with Crippen LogP contribution in [-0.2, 0) is 22.4 Å². The van der Waals surface area contributed by atoms with Crippen LogP contribution in [0.5, 0.6) is 0 Å². The SMILES string of the molecule is CCCc1cc(-c2nc(CC(=O)N[C@@H](C)C(=O)[O-])cs2)ccn1.[Na+]. The Kier molecular flexibility index (Phi) is 8.55. The molecule has 1 N–H and O–H groups in total. The first kappa shape index (κ1) is 20.8. The molecule has 2 rings (SSSR count). The van der Waals surface area contributed by atoms with Crippen molar-refractivity contribution in [3.8, 4) is 10.6 Å². The fourth-order valence-electron chi connectivity index (χ4n) is 2.04. The van der Waals surface area contributed by atoms with Gasteiger partial charge in [0.2, 0.25) is 5.91 Å². The van der Waals surface area contributed by atoms with Gasteiger partial charge in [0.15, 0.2) is 0 Å². The maximum atomic E-state index is 11.8. The van der Waals surface area contributed by atoms with Crippen molar-refractivity contribution in [2.24, 2.45) is 0 Å². The molecule has 0 spiro atoms. The number of carboxylic acid groups (broad SMARTS) is 1. The van der Waals surface area contributed by atoms with E-state index in [4.69, 9.17) is 0 Å². The molecular weight excluding hydrogens is 337 g/mol. The number of carbonyl (C=O) groups excluding carboxylic acids is 2. The second-order valence-electron chi connectivity index (χ2n) is 5.21. The summed E-state index contributed by atoms with van der Waals surface area (Å²) in [6.45, 7) is 3.47. The van der Waals surface area contributed by atoms with E-state index in [1.165, 1.54) is 18.3 Å². The Bertz CT molecular complexity index is 705. The second-order valence-corrected chi connectivity index (χ2v) is 6.07. The minimum atomic E-state index is -1.31. The third kappa shape index (κ3) is 5.98. The monoisotopic (exact) mass is 355 g/mol. The van der Waals surface area contributed by atoms with Gasteiger partial charge in [0.05, 0.1) is 24.1 Å². The molecule has 0 saturated heterocycles. The molecule has 0 aliphatic carbocycles. The van der Waals surface area contributed by atoms with Crippen LogP contribution in [-0.4, -0.2) is 27.9 Å². The van der Waals surface area contributed by atoms with Crippen LogP contribution in [0.3, 0.4) is 0 Å². The van der Waals surface area contributed by atoms with E-state index in [0.717, 1.165) is 29.1 Å². The number of aromatic nitrogens is 2. The Hall–Kier alpha value is -1.28. The number of pyridine rings is 1. The molecule has 2 heterocycles. The molecule has 0 aliphatic rings. The van der Waals surface area contributed by atoms with Crippen LogP contribution in [0.2, 0.25) is 0 Å². The predicted molar refractivity (Wildman–Crippen MR) is 85.7 cm³/mol. The minimum Gasteiger partial charge on any atom is -0.548 e. The fraction of sp³-hybridized carbons (Fsp3) is 0.375. The minimum absolute atomic E-state index is 0. The van der Waals surface area contributed by atoms with Crippen LogP contribution in [0, 0.1) is 0 Å². The van der Waals surface area contributed by atoms with Crippen molar-refractivity contribution in [1.82, 2.24) is 15.3 Å². The first-order chi connectivity index (χ1) is 11.0. The number of nitrogens with zero attached hydrogens (tertiary/aromatic N) is 2. The van der Waals surface area contributed by atoms with Gasteiger partial charge in [-0.1, -0.05) is 13.3 Å². The number of nitrogens with one attached hydrogen (secondary N) is 1. The summed E-state index contributed by atoms with van der Waals surface area (Å²) in [6, 6.07) is 2.88. The molecule has 2 aromatic rings. The van der Waals surface area contributed by atoms with Crippen molar-refractivity contribution in [2.75, 3.05) is 0 Å².